The van der Waals surface area contributed by atoms with Crippen LogP contribution < -0.4 is 10.1 Å². The van der Waals surface area contributed by atoms with E-state index in [4.69, 9.17) is 16.3 Å². The van der Waals surface area contributed by atoms with Crippen LogP contribution in [0.1, 0.15) is 5.56 Å². The molecule has 1 N–H and O–H groups in total. The molecule has 0 saturated heterocycles. The molecule has 3 nitrogen and oxygen atoms in total. The Morgan fingerprint density at radius 3 is 2.59 bits per heavy atom. The summed E-state index contributed by atoms with van der Waals surface area (Å²) in [7, 11) is 0. The lowest BCUT2D eigenvalue weighted by atomic mass is 10.1. The molecule has 0 heterocycles. The number of hydrogen-bond acceptors (Lipinski definition) is 2. The van der Waals surface area contributed by atoms with Gasteiger partial charge in [0, 0.05) is 0 Å². The fraction of sp³-hybridized carbons (Fsp3) is 0.105. The lowest BCUT2D eigenvalue weighted by molar-refractivity contribution is -0.137. The van der Waals surface area contributed by atoms with Crippen molar-refractivity contribution in [3.63, 3.8) is 0 Å². The fourth-order valence-corrected chi connectivity index (χ4v) is 3.22. The third-order valence-electron chi connectivity index (χ3n) is 3.75. The summed E-state index contributed by atoms with van der Waals surface area (Å²) in [5.41, 5.74) is -1.03. The average Bonchev–Trinajstić information content (AvgIpc) is 2.62. The van der Waals surface area contributed by atoms with Gasteiger partial charge in [-0.15, -0.1) is 0 Å². The summed E-state index contributed by atoms with van der Waals surface area (Å²) in [4.78, 5) is 12.1. The van der Waals surface area contributed by atoms with E-state index in [9.17, 15) is 18.0 Å². The van der Waals surface area contributed by atoms with Crippen molar-refractivity contribution in [1.82, 2.24) is 0 Å². The molecule has 1 amide bonds. The summed E-state index contributed by atoms with van der Waals surface area (Å²) in [5.74, 6) is -0.185. The summed E-state index contributed by atoms with van der Waals surface area (Å²) in [6.07, 6.45) is -4.53. The number of rotatable bonds is 4. The van der Waals surface area contributed by atoms with E-state index in [2.05, 4.69) is 21.2 Å². The van der Waals surface area contributed by atoms with Crippen LogP contribution in [0, 0.1) is 0 Å². The van der Waals surface area contributed by atoms with E-state index in [1.54, 1.807) is 6.07 Å². The summed E-state index contributed by atoms with van der Waals surface area (Å²) >= 11 is 9.31. The number of hydrogen-bond donors (Lipinski definition) is 1. The van der Waals surface area contributed by atoms with E-state index < -0.39 is 17.6 Å². The third-order valence-corrected chi connectivity index (χ3v) is 4.90. The van der Waals surface area contributed by atoms with Crippen LogP contribution in [0.3, 0.4) is 0 Å². The third kappa shape index (κ3) is 4.54. The minimum atomic E-state index is -4.53. The summed E-state index contributed by atoms with van der Waals surface area (Å²) in [6.45, 7) is -0.385. The van der Waals surface area contributed by atoms with Gasteiger partial charge in [-0.3, -0.25) is 4.79 Å². The molecule has 0 unspecified atom stereocenters. The van der Waals surface area contributed by atoms with E-state index in [-0.39, 0.29) is 17.3 Å². The van der Waals surface area contributed by atoms with Crippen LogP contribution in [-0.4, -0.2) is 12.5 Å². The largest absolute Gasteiger partial charge is 0.483 e. The monoisotopic (exact) mass is 457 g/mol. The van der Waals surface area contributed by atoms with Gasteiger partial charge in [0.2, 0.25) is 0 Å². The van der Waals surface area contributed by atoms with Crippen LogP contribution in [0.4, 0.5) is 18.9 Å². The molecule has 0 aliphatic heterocycles. The molecule has 0 saturated carbocycles. The standard InChI is InChI=1S/C19H12BrClF3NO2/c20-18-13-4-2-1-3-11(13)5-8-16(18)27-10-17(26)25-15-9-12(19(22,23)24)6-7-14(15)21/h1-9H,10H2,(H,25,26). The van der Waals surface area contributed by atoms with Gasteiger partial charge >= 0.3 is 6.18 Å². The highest BCUT2D eigenvalue weighted by Crippen LogP contribution is 2.34. The number of halogens is 5. The van der Waals surface area contributed by atoms with Gasteiger partial charge in [0.25, 0.3) is 5.91 Å². The van der Waals surface area contributed by atoms with Gasteiger partial charge in [0.05, 0.1) is 20.7 Å². The molecule has 0 aliphatic carbocycles. The predicted molar refractivity (Wildman–Crippen MR) is 102 cm³/mol. The lowest BCUT2D eigenvalue weighted by Gasteiger charge is -2.13. The molecule has 8 heteroatoms. The van der Waals surface area contributed by atoms with E-state index in [1.807, 2.05) is 30.3 Å². The molecule has 140 valence electrons. The van der Waals surface area contributed by atoms with Gasteiger partial charge in [-0.1, -0.05) is 41.9 Å². The number of nitrogens with one attached hydrogen (secondary N) is 1. The first kappa shape index (κ1) is 19.5. The van der Waals surface area contributed by atoms with Gasteiger partial charge in [-0.25, -0.2) is 0 Å². The minimum absolute atomic E-state index is 0.00300. The van der Waals surface area contributed by atoms with Crippen molar-refractivity contribution in [2.24, 2.45) is 0 Å². The average molecular weight is 459 g/mol. The Morgan fingerprint density at radius 2 is 1.85 bits per heavy atom. The molecular formula is C19H12BrClF3NO2. The molecule has 3 aromatic carbocycles. The number of benzene rings is 3. The maximum Gasteiger partial charge on any atom is 0.416 e. The number of amides is 1. The highest BCUT2D eigenvalue weighted by atomic mass is 79.9. The van der Waals surface area contributed by atoms with E-state index in [1.165, 1.54) is 0 Å². The fourth-order valence-electron chi connectivity index (χ4n) is 2.45. The molecule has 0 spiro atoms. The Labute approximate surface area is 166 Å². The zero-order valence-electron chi connectivity index (χ0n) is 13.6. The van der Waals surface area contributed by atoms with Gasteiger partial charge < -0.3 is 10.1 Å². The second kappa shape index (κ2) is 7.78. The van der Waals surface area contributed by atoms with Crippen LogP contribution >= 0.6 is 27.5 Å². The van der Waals surface area contributed by atoms with Gasteiger partial charge in [0.1, 0.15) is 5.75 Å². The second-order valence-electron chi connectivity index (χ2n) is 5.63. The Kier molecular flexibility index (Phi) is 5.62. The maximum atomic E-state index is 12.8. The summed E-state index contributed by atoms with van der Waals surface area (Å²) < 4.78 is 44.6. The summed E-state index contributed by atoms with van der Waals surface area (Å²) in [5, 5.41) is 4.25. The Balaban J connectivity index is 1.71. The van der Waals surface area contributed by atoms with Gasteiger partial charge in [-0.05, 0) is 51.0 Å². The number of fused-ring (bicyclic) bond motifs is 1. The normalized spacial score (nSPS) is 11.4. The van der Waals surface area contributed by atoms with Crippen LogP contribution in [0.2, 0.25) is 5.02 Å². The topological polar surface area (TPSA) is 38.3 Å². The molecule has 0 aliphatic rings. The Hall–Kier alpha value is -2.25. The van der Waals surface area contributed by atoms with E-state index >= 15 is 0 Å². The maximum absolute atomic E-state index is 12.8. The van der Waals surface area contributed by atoms with Crippen molar-refractivity contribution in [3.05, 3.63) is 69.7 Å². The second-order valence-corrected chi connectivity index (χ2v) is 6.83. The molecular weight excluding hydrogens is 447 g/mol. The SMILES string of the molecule is O=C(COc1ccc2ccccc2c1Br)Nc1cc(C(F)(F)F)ccc1Cl. The quantitative estimate of drug-likeness (QED) is 0.499. The first-order chi connectivity index (χ1) is 12.8. The lowest BCUT2D eigenvalue weighted by Crippen LogP contribution is -2.21. The molecule has 27 heavy (non-hydrogen) atoms. The van der Waals surface area contributed by atoms with Crippen LogP contribution in [-0.2, 0) is 11.0 Å². The van der Waals surface area contributed by atoms with Crippen LogP contribution in [0.25, 0.3) is 10.8 Å². The smallest absolute Gasteiger partial charge is 0.416 e. The highest BCUT2D eigenvalue weighted by molar-refractivity contribution is 9.10. The van der Waals surface area contributed by atoms with E-state index in [0.29, 0.717) is 10.2 Å². The van der Waals surface area contributed by atoms with Crippen molar-refractivity contribution < 1.29 is 22.7 Å². The van der Waals surface area contributed by atoms with Crippen molar-refractivity contribution in [2.45, 2.75) is 6.18 Å². The zero-order valence-corrected chi connectivity index (χ0v) is 16.0. The van der Waals surface area contributed by atoms with E-state index in [0.717, 1.165) is 29.0 Å². The molecule has 0 radical (unpaired) electrons. The van der Waals surface area contributed by atoms with Crippen molar-refractivity contribution in [1.29, 1.82) is 0 Å². The number of carbonyl (C=O) groups is 1. The molecule has 3 rings (SSSR count). The Bertz CT molecular complexity index is 1010. The van der Waals surface area contributed by atoms with Gasteiger partial charge in [-0.2, -0.15) is 13.2 Å². The molecule has 0 bridgehead atoms. The highest BCUT2D eigenvalue weighted by Gasteiger charge is 2.31. The number of alkyl halides is 3. The molecule has 0 fully saturated rings. The van der Waals surface area contributed by atoms with Crippen LogP contribution in [0.5, 0.6) is 5.75 Å². The molecule has 3 aromatic rings. The van der Waals surface area contributed by atoms with Crippen LogP contribution in [0.15, 0.2) is 59.1 Å². The zero-order chi connectivity index (χ0) is 19.6. The molecule has 0 aromatic heterocycles. The number of anilines is 1. The predicted octanol–water partition coefficient (Wildman–Crippen LogP) is 6.29. The number of ether oxygens (including phenoxy) is 1. The number of carbonyl (C=O) groups excluding carboxylic acids is 1. The van der Waals surface area contributed by atoms with Crippen molar-refractivity contribution in [2.75, 3.05) is 11.9 Å². The van der Waals surface area contributed by atoms with Crippen molar-refractivity contribution in [3.8, 4) is 5.75 Å². The first-order valence-corrected chi connectivity index (χ1v) is 8.89. The summed E-state index contributed by atoms with van der Waals surface area (Å²) in [6, 6.07) is 13.9. The van der Waals surface area contributed by atoms with Gasteiger partial charge in [0.15, 0.2) is 6.61 Å². The molecule has 0 atom stereocenters. The Morgan fingerprint density at radius 1 is 1.11 bits per heavy atom. The van der Waals surface area contributed by atoms with Crippen molar-refractivity contribution >= 4 is 49.9 Å². The first-order valence-electron chi connectivity index (χ1n) is 7.72. The minimum Gasteiger partial charge on any atom is -0.483 e.